The molecule has 12 rings (SSSR count). The number of rotatable bonds is 17. The van der Waals surface area contributed by atoms with Crippen LogP contribution in [0.1, 0.15) is 126 Å². The van der Waals surface area contributed by atoms with Crippen molar-refractivity contribution in [3.8, 4) is 34.0 Å². The molecule has 12 nitrogen and oxygen atoms in total. The van der Waals surface area contributed by atoms with Gasteiger partial charge in [-0.05, 0) is 73.5 Å². The van der Waals surface area contributed by atoms with Crippen molar-refractivity contribution in [1.82, 2.24) is 30.4 Å². The van der Waals surface area contributed by atoms with Crippen molar-refractivity contribution >= 4 is 61.4 Å². The quantitative estimate of drug-likeness (QED) is 0.0856. The number of aryl methyl sites for hydroxylation is 2. The average Bonchev–Trinajstić information content (AvgIpc) is 4.56. The van der Waals surface area contributed by atoms with E-state index < -0.39 is 18.4 Å². The number of benzene rings is 6. The second kappa shape index (κ2) is 25.7. The number of fused-ring (bicyclic) bond motifs is 2. The van der Waals surface area contributed by atoms with E-state index in [-0.39, 0.29) is 23.9 Å². The molecule has 0 aliphatic carbocycles. The van der Waals surface area contributed by atoms with Crippen LogP contribution in [0.4, 0.5) is 11.4 Å². The third-order valence-electron chi connectivity index (χ3n) is 15.3. The summed E-state index contributed by atoms with van der Waals surface area (Å²) in [7, 11) is 0. The first-order chi connectivity index (χ1) is 39.1. The standard InChI is InChI=1S/C27H20N4O2.C24H18BrN3O.3C4H9.C3H2NO.Sn/c1-17-7-9-18(10-8-17)23-22-24(30-29-23)27(32)31(25(22)19-5-3-2-4-6-19)21-13-11-20(12-14-21)26-28-15-16-33-26;1-15-7-9-16(10-8-15)21-20-22(27-26-21)24(29)28(19-13-11-18(25)12-14-19)23(20)17-5-3-2-4-6-17;3*1-3-4-2;1-2-5-3-4-1;/h2-16,25H,1H3,(H,29,30);2-14,23H,1H3,(H,26,27);3*1,3-4H2,2H3;1-2H;. The Balaban J connectivity index is 0.000000141. The Morgan fingerprint density at radius 3 is 1.32 bits per heavy atom. The Kier molecular flexibility index (Phi) is 17.9. The van der Waals surface area contributed by atoms with Gasteiger partial charge in [0.1, 0.15) is 17.7 Å². The fourth-order valence-electron chi connectivity index (χ4n) is 11.1. The second-order valence-corrected chi connectivity index (χ2v) is 34.4. The van der Waals surface area contributed by atoms with Gasteiger partial charge in [0.15, 0.2) is 0 Å². The number of H-pyrrole nitrogens is 2. The Morgan fingerprint density at radius 1 is 0.512 bits per heavy atom. The van der Waals surface area contributed by atoms with Gasteiger partial charge in [-0.1, -0.05) is 136 Å². The number of hydrogen-bond donors (Lipinski definition) is 2. The van der Waals surface area contributed by atoms with E-state index in [4.69, 9.17) is 8.83 Å². The van der Waals surface area contributed by atoms with Crippen molar-refractivity contribution in [3.05, 3.63) is 232 Å². The molecule has 80 heavy (non-hydrogen) atoms. The zero-order valence-corrected chi connectivity index (χ0v) is 50.5. The molecule has 0 saturated heterocycles. The predicted molar refractivity (Wildman–Crippen MR) is 325 cm³/mol. The fourth-order valence-corrected chi connectivity index (χ4v) is 26.0. The van der Waals surface area contributed by atoms with Gasteiger partial charge in [-0.3, -0.25) is 29.6 Å². The van der Waals surface area contributed by atoms with Crippen molar-refractivity contribution in [3.63, 3.8) is 0 Å². The molecular weight excluding hydrogens is 1170 g/mol. The minimum absolute atomic E-state index is 0.0676. The number of hydrogen-bond acceptors (Lipinski definition) is 8. The van der Waals surface area contributed by atoms with Crippen LogP contribution in [0.5, 0.6) is 0 Å². The number of nitrogens with zero attached hydrogens (tertiary/aromatic N) is 6. The maximum atomic E-state index is 13.6. The number of aromatic nitrogens is 6. The first kappa shape index (κ1) is 55.7. The maximum Gasteiger partial charge on any atom is 0.277 e. The van der Waals surface area contributed by atoms with E-state index in [2.05, 4.69) is 129 Å². The van der Waals surface area contributed by atoms with Crippen LogP contribution < -0.4 is 13.7 Å². The van der Waals surface area contributed by atoms with E-state index in [0.717, 1.165) is 66.2 Å². The Labute approximate surface area is 481 Å². The van der Waals surface area contributed by atoms with Crippen LogP contribution >= 0.6 is 15.9 Å². The largest absolute Gasteiger partial charge is 0.445 e. The van der Waals surface area contributed by atoms with Crippen LogP contribution in [0.15, 0.2) is 196 Å². The summed E-state index contributed by atoms with van der Waals surface area (Å²) in [5, 5.41) is 15.1. The Morgan fingerprint density at radius 2 is 0.925 bits per heavy atom. The molecule has 2 amide bonds. The number of aromatic amines is 2. The van der Waals surface area contributed by atoms with Crippen LogP contribution in [-0.2, 0) is 0 Å². The molecule has 0 spiro atoms. The zero-order chi connectivity index (χ0) is 55.6. The van der Waals surface area contributed by atoms with E-state index in [1.807, 2.05) is 125 Å². The normalized spacial score (nSPS) is 14.6. The summed E-state index contributed by atoms with van der Waals surface area (Å²) in [6.07, 6.45) is 14.8. The summed E-state index contributed by atoms with van der Waals surface area (Å²) in [6, 6.07) is 51.6. The van der Waals surface area contributed by atoms with Gasteiger partial charge in [-0.2, -0.15) is 10.2 Å². The summed E-state index contributed by atoms with van der Waals surface area (Å²) < 4.78 is 17.7. The van der Waals surface area contributed by atoms with Crippen molar-refractivity contribution in [2.24, 2.45) is 0 Å². The molecule has 0 bridgehead atoms. The molecule has 14 heteroatoms. The van der Waals surface area contributed by atoms with Crippen LogP contribution in [-0.4, -0.2) is 60.6 Å². The summed E-state index contributed by atoms with van der Waals surface area (Å²) in [4.78, 5) is 39.5. The number of amides is 2. The molecule has 10 aromatic rings. The third-order valence-corrected chi connectivity index (χ3v) is 30.3. The van der Waals surface area contributed by atoms with Gasteiger partial charge in [-0.25, -0.2) is 4.98 Å². The zero-order valence-electron chi connectivity index (χ0n) is 46.0. The smallest absolute Gasteiger partial charge is 0.277 e. The first-order valence-corrected chi connectivity index (χ1v) is 36.1. The second-order valence-electron chi connectivity index (χ2n) is 20.7. The van der Waals surface area contributed by atoms with Crippen LogP contribution in [0.2, 0.25) is 13.3 Å². The number of unbranched alkanes of at least 4 members (excludes halogenated alkanes) is 3. The molecule has 4 aromatic heterocycles. The minimum atomic E-state index is -2.31. The number of halogens is 1. The predicted octanol–water partition coefficient (Wildman–Crippen LogP) is 16.4. The van der Waals surface area contributed by atoms with Gasteiger partial charge in [0.25, 0.3) is 11.8 Å². The van der Waals surface area contributed by atoms with Gasteiger partial charge in [-0.15, -0.1) is 0 Å². The maximum absolute atomic E-state index is 13.6. The van der Waals surface area contributed by atoms with Gasteiger partial charge in [0.05, 0.1) is 29.7 Å². The van der Waals surface area contributed by atoms with Crippen LogP contribution in [0.3, 0.4) is 0 Å². The van der Waals surface area contributed by atoms with E-state index in [0.29, 0.717) is 17.3 Å². The van der Waals surface area contributed by atoms with Gasteiger partial charge in [0.2, 0.25) is 5.89 Å². The van der Waals surface area contributed by atoms with Crippen molar-refractivity contribution in [2.45, 2.75) is 98.5 Å². The number of carbonyl (C=O) groups excluding carboxylic acids is 2. The molecule has 2 unspecified atom stereocenters. The summed E-state index contributed by atoms with van der Waals surface area (Å²) in [6.45, 7) is 11.0. The summed E-state index contributed by atoms with van der Waals surface area (Å²) >= 11 is 1.17. The molecule has 0 fully saturated rings. The molecule has 406 valence electrons. The molecular formula is C66H67BrN8O4Sn. The molecule has 0 radical (unpaired) electrons. The number of oxazole rings is 2. The van der Waals surface area contributed by atoms with Crippen LogP contribution in [0.25, 0.3) is 34.0 Å². The Bertz CT molecular complexity index is 3560. The molecule has 2 aliphatic rings. The van der Waals surface area contributed by atoms with E-state index >= 15 is 0 Å². The SMILES string of the molecule is CCC[CH2][Sn]([CH2]CCC)([CH2]CCC)[c]1ncco1.Cc1ccc(-c2n[nH]c3c2C(c2ccccc2)N(c2ccc(-c4ncco4)cc2)C3=O)cc1.Cc1ccc(-c2n[nH]c3c2C(c2ccccc2)N(c2ccc(Br)cc2)C3=O)cc1. The summed E-state index contributed by atoms with van der Waals surface area (Å²) in [5.41, 5.74) is 13.4. The molecule has 0 saturated carbocycles. The van der Waals surface area contributed by atoms with E-state index in [1.54, 1.807) is 18.7 Å². The van der Waals surface area contributed by atoms with E-state index in [1.165, 1.54) is 66.9 Å². The third kappa shape index (κ3) is 11.8. The topological polar surface area (TPSA) is 150 Å². The van der Waals surface area contributed by atoms with Gasteiger partial charge >= 0.3 is 117 Å². The van der Waals surface area contributed by atoms with Gasteiger partial charge in [0, 0.05) is 43.7 Å². The molecule has 6 heterocycles. The monoisotopic (exact) mass is 1230 g/mol. The summed E-state index contributed by atoms with van der Waals surface area (Å²) in [5.74, 6) is 0.376. The molecule has 2 N–H and O–H groups in total. The first-order valence-electron chi connectivity index (χ1n) is 27.9. The molecule has 2 atom stereocenters. The van der Waals surface area contributed by atoms with Crippen molar-refractivity contribution in [1.29, 1.82) is 0 Å². The molecule has 6 aromatic carbocycles. The number of nitrogens with one attached hydrogen (secondary N) is 2. The minimum Gasteiger partial charge on any atom is -0.445 e. The average molecular weight is 1230 g/mol. The van der Waals surface area contributed by atoms with Crippen LogP contribution in [0, 0.1) is 13.8 Å². The fraction of sp³-hybridized carbons (Fsp3) is 0.242. The van der Waals surface area contributed by atoms with Crippen molar-refractivity contribution in [2.75, 3.05) is 9.80 Å². The Hall–Kier alpha value is -7.62. The van der Waals surface area contributed by atoms with Crippen molar-refractivity contribution < 1.29 is 18.4 Å². The van der Waals surface area contributed by atoms with Gasteiger partial charge < -0.3 is 4.42 Å². The molecule has 2 aliphatic heterocycles. The number of anilines is 2. The van der Waals surface area contributed by atoms with E-state index in [9.17, 15) is 9.59 Å². The number of carbonyl (C=O) groups is 2.